The number of thioether (sulfide) groups is 1. The molecule has 0 aliphatic rings. The molecule has 7 nitrogen and oxygen atoms in total. The second kappa shape index (κ2) is 6.67. The minimum Gasteiger partial charge on any atom is -0.401 e. The first-order valence-electron chi connectivity index (χ1n) is 6.77. The number of rotatable bonds is 5. The van der Waals surface area contributed by atoms with Crippen LogP contribution in [0.3, 0.4) is 0 Å². The second-order valence-electron chi connectivity index (χ2n) is 4.73. The molecule has 0 fully saturated rings. The lowest BCUT2D eigenvalue weighted by atomic mass is 10.2. The zero-order chi connectivity index (χ0) is 17.1. The summed E-state index contributed by atoms with van der Waals surface area (Å²) in [7, 11) is 1.80. The summed E-state index contributed by atoms with van der Waals surface area (Å²) in [4.78, 5) is 9.96. The van der Waals surface area contributed by atoms with Crippen LogP contribution < -0.4 is 0 Å². The zero-order valence-corrected chi connectivity index (χ0v) is 13.2. The van der Waals surface area contributed by atoms with Gasteiger partial charge in [-0.1, -0.05) is 11.8 Å². The Bertz CT molecular complexity index is 902. The van der Waals surface area contributed by atoms with E-state index in [2.05, 4.69) is 10.2 Å². The Morgan fingerprint density at radius 1 is 1.25 bits per heavy atom. The van der Waals surface area contributed by atoms with E-state index in [4.69, 9.17) is 4.42 Å². The minimum absolute atomic E-state index is 0.308. The van der Waals surface area contributed by atoms with Crippen molar-refractivity contribution in [2.24, 2.45) is 7.05 Å². The molecule has 0 saturated carbocycles. The van der Waals surface area contributed by atoms with Gasteiger partial charge in [0, 0.05) is 12.6 Å². The quantitative estimate of drug-likeness (QED) is 0.396. The number of furan rings is 1. The van der Waals surface area contributed by atoms with Gasteiger partial charge in [0.25, 0.3) is 0 Å². The molecule has 2 heterocycles. The molecule has 0 aliphatic carbocycles. The smallest absolute Gasteiger partial charge is 0.401 e. The zero-order valence-electron chi connectivity index (χ0n) is 12.4. The van der Waals surface area contributed by atoms with Crippen molar-refractivity contribution in [1.29, 1.82) is 0 Å². The van der Waals surface area contributed by atoms with Crippen molar-refractivity contribution in [2.75, 3.05) is 0 Å². The number of hydrogen-bond donors (Lipinski definition) is 0. The molecular formula is C15H11FN4O3S. The van der Waals surface area contributed by atoms with Gasteiger partial charge in [0.2, 0.25) is 0 Å². The molecular weight excluding hydrogens is 335 g/mol. The largest absolute Gasteiger partial charge is 0.433 e. The van der Waals surface area contributed by atoms with E-state index in [1.165, 1.54) is 36.0 Å². The van der Waals surface area contributed by atoms with Crippen LogP contribution in [0.2, 0.25) is 0 Å². The van der Waals surface area contributed by atoms with Crippen molar-refractivity contribution < 1.29 is 13.7 Å². The fourth-order valence-corrected chi connectivity index (χ4v) is 2.62. The van der Waals surface area contributed by atoms with Crippen LogP contribution in [0.15, 0.2) is 51.4 Å². The molecule has 0 radical (unpaired) electrons. The van der Waals surface area contributed by atoms with E-state index < -0.39 is 4.92 Å². The lowest BCUT2D eigenvalue weighted by molar-refractivity contribution is -0.402. The van der Waals surface area contributed by atoms with Crippen LogP contribution in [-0.4, -0.2) is 19.7 Å². The standard InChI is InChI=1S/C15H11FN4O3S/c1-19-14(10-2-4-11(16)5-3-10)17-18-15(19)24-9-8-12-6-7-13(23-12)20(21)22/h2-9H,1H3/b9-8+. The molecule has 0 amide bonds. The molecule has 0 atom stereocenters. The second-order valence-corrected chi connectivity index (χ2v) is 5.60. The van der Waals surface area contributed by atoms with Gasteiger partial charge in [0.1, 0.15) is 16.5 Å². The Morgan fingerprint density at radius 3 is 2.67 bits per heavy atom. The van der Waals surface area contributed by atoms with Crippen LogP contribution in [-0.2, 0) is 7.05 Å². The number of halogens is 1. The Kier molecular flexibility index (Phi) is 4.43. The van der Waals surface area contributed by atoms with Gasteiger partial charge in [-0.05, 0) is 41.8 Å². The van der Waals surface area contributed by atoms with Crippen LogP contribution in [0, 0.1) is 15.9 Å². The molecule has 0 spiro atoms. The lowest BCUT2D eigenvalue weighted by Gasteiger charge is -2.02. The Morgan fingerprint density at radius 2 is 2.00 bits per heavy atom. The van der Waals surface area contributed by atoms with Crippen molar-refractivity contribution in [3.05, 3.63) is 63.5 Å². The van der Waals surface area contributed by atoms with E-state index in [1.54, 1.807) is 35.2 Å². The summed E-state index contributed by atoms with van der Waals surface area (Å²) in [5.41, 5.74) is 0.754. The van der Waals surface area contributed by atoms with E-state index in [9.17, 15) is 14.5 Å². The van der Waals surface area contributed by atoms with E-state index >= 15 is 0 Å². The monoisotopic (exact) mass is 346 g/mol. The van der Waals surface area contributed by atoms with Crippen molar-refractivity contribution in [2.45, 2.75) is 5.16 Å². The SMILES string of the molecule is Cn1c(S/C=C/c2ccc([N+](=O)[O-])o2)nnc1-c1ccc(F)cc1. The molecule has 3 rings (SSSR count). The normalized spacial score (nSPS) is 11.2. The maximum atomic E-state index is 13.0. The number of benzene rings is 1. The number of aromatic nitrogens is 3. The van der Waals surface area contributed by atoms with E-state index in [0.29, 0.717) is 16.7 Å². The summed E-state index contributed by atoms with van der Waals surface area (Å²) in [6.45, 7) is 0. The van der Waals surface area contributed by atoms with Gasteiger partial charge in [0.05, 0.1) is 6.07 Å². The Labute approximate surface area is 140 Å². The molecule has 3 aromatic rings. The average molecular weight is 346 g/mol. The third-order valence-electron chi connectivity index (χ3n) is 3.14. The molecule has 0 unspecified atom stereocenters. The van der Waals surface area contributed by atoms with Crippen molar-refractivity contribution in [3.8, 4) is 11.4 Å². The van der Waals surface area contributed by atoms with E-state index in [-0.39, 0.29) is 11.7 Å². The summed E-state index contributed by atoms with van der Waals surface area (Å²) < 4.78 is 19.8. The van der Waals surface area contributed by atoms with Gasteiger partial charge >= 0.3 is 5.88 Å². The van der Waals surface area contributed by atoms with Crippen LogP contribution in [0.4, 0.5) is 10.3 Å². The highest BCUT2D eigenvalue weighted by Crippen LogP contribution is 2.25. The predicted molar refractivity (Wildman–Crippen MR) is 86.7 cm³/mol. The van der Waals surface area contributed by atoms with E-state index in [1.807, 2.05) is 0 Å². The molecule has 0 bridgehead atoms. The van der Waals surface area contributed by atoms with Crippen molar-refractivity contribution >= 4 is 23.7 Å². The topological polar surface area (TPSA) is 87.0 Å². The summed E-state index contributed by atoms with van der Waals surface area (Å²) in [5, 5.41) is 21.0. The Hall–Kier alpha value is -2.94. The van der Waals surface area contributed by atoms with Gasteiger partial charge in [-0.25, -0.2) is 4.39 Å². The van der Waals surface area contributed by atoms with Crippen LogP contribution in [0.5, 0.6) is 0 Å². The first-order chi connectivity index (χ1) is 11.5. The summed E-state index contributed by atoms with van der Waals surface area (Å²) in [5.74, 6) is 0.359. The molecule has 9 heteroatoms. The number of nitrogens with zero attached hydrogens (tertiary/aromatic N) is 4. The van der Waals surface area contributed by atoms with E-state index in [0.717, 1.165) is 5.56 Å². The molecule has 2 aromatic heterocycles. The molecule has 0 N–H and O–H groups in total. The highest BCUT2D eigenvalue weighted by Gasteiger charge is 2.11. The van der Waals surface area contributed by atoms with Gasteiger partial charge < -0.3 is 8.98 Å². The maximum absolute atomic E-state index is 13.0. The van der Waals surface area contributed by atoms with Crippen LogP contribution in [0.1, 0.15) is 5.76 Å². The first-order valence-corrected chi connectivity index (χ1v) is 7.65. The fraction of sp³-hybridized carbons (Fsp3) is 0.0667. The third kappa shape index (κ3) is 3.35. The first kappa shape index (κ1) is 15.9. The summed E-state index contributed by atoms with van der Waals surface area (Å²) in [6, 6.07) is 8.79. The van der Waals surface area contributed by atoms with Gasteiger partial charge in [0.15, 0.2) is 11.0 Å². The maximum Gasteiger partial charge on any atom is 0.433 e. The molecule has 0 saturated heterocycles. The third-order valence-corrected chi connectivity index (χ3v) is 3.97. The lowest BCUT2D eigenvalue weighted by Crippen LogP contribution is -1.94. The predicted octanol–water partition coefficient (Wildman–Crippen LogP) is 3.89. The van der Waals surface area contributed by atoms with Gasteiger partial charge in [-0.2, -0.15) is 0 Å². The summed E-state index contributed by atoms with van der Waals surface area (Å²) in [6.07, 6.45) is 1.60. The minimum atomic E-state index is -0.595. The number of nitro groups is 1. The van der Waals surface area contributed by atoms with Crippen molar-refractivity contribution in [3.63, 3.8) is 0 Å². The van der Waals surface area contributed by atoms with Crippen molar-refractivity contribution in [1.82, 2.24) is 14.8 Å². The molecule has 122 valence electrons. The molecule has 0 aliphatic heterocycles. The van der Waals surface area contributed by atoms with Crippen LogP contribution in [0.25, 0.3) is 17.5 Å². The van der Waals surface area contributed by atoms with Gasteiger partial charge in [-0.3, -0.25) is 10.1 Å². The molecule has 1 aromatic carbocycles. The molecule has 24 heavy (non-hydrogen) atoms. The van der Waals surface area contributed by atoms with Gasteiger partial charge in [-0.15, -0.1) is 10.2 Å². The average Bonchev–Trinajstić information content (AvgIpc) is 3.17. The highest BCUT2D eigenvalue weighted by molar-refractivity contribution is 8.02. The Balaban J connectivity index is 1.73. The fourth-order valence-electron chi connectivity index (χ4n) is 1.96. The summed E-state index contributed by atoms with van der Waals surface area (Å²) >= 11 is 1.28. The highest BCUT2D eigenvalue weighted by atomic mass is 32.2. The number of hydrogen-bond acceptors (Lipinski definition) is 6. The van der Waals surface area contributed by atoms with Crippen LogP contribution >= 0.6 is 11.8 Å².